The molecule has 3 heteroatoms. The van der Waals surface area contributed by atoms with Crippen molar-refractivity contribution in [1.29, 1.82) is 0 Å². The van der Waals surface area contributed by atoms with Gasteiger partial charge < -0.3 is 10.1 Å². The minimum atomic E-state index is 0.722. The lowest BCUT2D eigenvalue weighted by Crippen LogP contribution is -2.27. The van der Waals surface area contributed by atoms with E-state index in [-0.39, 0.29) is 0 Å². The molecule has 0 heterocycles. The molecule has 0 spiro atoms. The summed E-state index contributed by atoms with van der Waals surface area (Å²) in [5.74, 6) is 0.722. The lowest BCUT2D eigenvalue weighted by molar-refractivity contribution is 0.197. The van der Waals surface area contributed by atoms with Gasteiger partial charge in [0, 0.05) is 18.1 Å². The number of nitrogens with one attached hydrogen (secondary N) is 1. The van der Waals surface area contributed by atoms with E-state index in [1.54, 1.807) is 7.11 Å². The van der Waals surface area contributed by atoms with E-state index in [2.05, 4.69) is 52.4 Å². The Hall–Kier alpha value is -0.380. The van der Waals surface area contributed by atoms with Crippen LogP contribution in [0.5, 0.6) is 0 Å². The van der Waals surface area contributed by atoms with E-state index >= 15 is 0 Å². The largest absolute Gasteiger partial charge is 0.383 e. The van der Waals surface area contributed by atoms with E-state index in [4.69, 9.17) is 4.74 Å². The first kappa shape index (κ1) is 17.7. The lowest BCUT2D eigenvalue weighted by Gasteiger charge is -2.18. The molecule has 1 aromatic rings. The number of ether oxygens (including phenoxy) is 1. The number of rotatable bonds is 11. The summed E-state index contributed by atoms with van der Waals surface area (Å²) in [5, 5.41) is 3.51. The maximum absolute atomic E-state index is 5.09. The number of benzene rings is 1. The normalized spacial score (nSPS) is 12.6. The molecule has 20 heavy (non-hydrogen) atoms. The highest BCUT2D eigenvalue weighted by atomic mass is 79.9. The van der Waals surface area contributed by atoms with Crippen molar-refractivity contribution in [2.24, 2.45) is 5.92 Å². The quantitative estimate of drug-likeness (QED) is 0.601. The molecular weight excluding hydrogens is 314 g/mol. The summed E-state index contributed by atoms with van der Waals surface area (Å²) in [7, 11) is 1.75. The Kier molecular flexibility index (Phi) is 9.98. The summed E-state index contributed by atoms with van der Waals surface area (Å²) in [4.78, 5) is 0. The average Bonchev–Trinajstić information content (AvgIpc) is 2.46. The van der Waals surface area contributed by atoms with Gasteiger partial charge >= 0.3 is 0 Å². The molecule has 0 amide bonds. The second kappa shape index (κ2) is 11.3. The molecule has 0 aliphatic rings. The van der Waals surface area contributed by atoms with E-state index < -0.39 is 0 Å². The van der Waals surface area contributed by atoms with Crippen molar-refractivity contribution in [2.45, 2.75) is 39.0 Å². The van der Waals surface area contributed by atoms with E-state index in [0.29, 0.717) is 0 Å². The first-order valence-corrected chi connectivity index (χ1v) is 8.49. The molecule has 0 bridgehead atoms. The molecule has 0 radical (unpaired) electrons. The first-order chi connectivity index (χ1) is 9.76. The smallest absolute Gasteiger partial charge is 0.0587 e. The van der Waals surface area contributed by atoms with Gasteiger partial charge in [-0.2, -0.15) is 0 Å². The van der Waals surface area contributed by atoms with Crippen molar-refractivity contribution in [1.82, 2.24) is 5.32 Å². The van der Waals surface area contributed by atoms with Crippen LogP contribution in [0.4, 0.5) is 0 Å². The van der Waals surface area contributed by atoms with Gasteiger partial charge in [-0.15, -0.1) is 0 Å². The highest BCUT2D eigenvalue weighted by molar-refractivity contribution is 9.10. The maximum atomic E-state index is 5.09. The molecule has 0 fully saturated rings. The number of methoxy groups -OCH3 is 1. The van der Waals surface area contributed by atoms with Gasteiger partial charge in [0.2, 0.25) is 0 Å². The van der Waals surface area contributed by atoms with Crippen LogP contribution in [0.1, 0.15) is 38.2 Å². The first-order valence-electron chi connectivity index (χ1n) is 7.70. The second-order valence-corrected chi connectivity index (χ2v) is 6.30. The Morgan fingerprint density at radius 3 is 2.60 bits per heavy atom. The summed E-state index contributed by atoms with van der Waals surface area (Å²) < 4.78 is 6.24. The number of unbranched alkanes of at least 4 members (excludes halogenated alkanes) is 2. The van der Waals surface area contributed by atoms with E-state index in [1.807, 2.05) is 0 Å². The molecular formula is C17H28BrNO. The molecule has 0 aromatic heterocycles. The van der Waals surface area contributed by atoms with Gasteiger partial charge in [-0.05, 0) is 43.0 Å². The molecule has 114 valence electrons. The van der Waals surface area contributed by atoms with Crippen LogP contribution >= 0.6 is 15.9 Å². The van der Waals surface area contributed by atoms with Crippen LogP contribution in [0, 0.1) is 5.92 Å². The zero-order valence-electron chi connectivity index (χ0n) is 12.8. The predicted molar refractivity (Wildman–Crippen MR) is 90.2 cm³/mol. The van der Waals surface area contributed by atoms with Crippen LogP contribution in [-0.2, 0) is 11.2 Å². The SMILES string of the molecule is CCCCCC(CNCCOC)Cc1ccc(Br)cc1. The molecule has 2 nitrogen and oxygen atoms in total. The van der Waals surface area contributed by atoms with Crippen molar-refractivity contribution >= 4 is 15.9 Å². The monoisotopic (exact) mass is 341 g/mol. The van der Waals surface area contributed by atoms with Gasteiger partial charge in [0.25, 0.3) is 0 Å². The Balaban J connectivity index is 2.41. The number of halogens is 1. The van der Waals surface area contributed by atoms with Crippen LogP contribution in [-0.4, -0.2) is 26.8 Å². The standard InChI is InChI=1S/C17H28BrNO/c1-3-4-5-6-16(14-19-11-12-20-2)13-15-7-9-17(18)10-8-15/h7-10,16,19H,3-6,11-14H2,1-2H3. The minimum absolute atomic E-state index is 0.722. The average molecular weight is 342 g/mol. The third kappa shape index (κ3) is 8.03. The van der Waals surface area contributed by atoms with Crippen molar-refractivity contribution in [3.05, 3.63) is 34.3 Å². The van der Waals surface area contributed by atoms with Gasteiger partial charge in [0.05, 0.1) is 6.61 Å². The molecule has 1 rings (SSSR count). The van der Waals surface area contributed by atoms with Crippen molar-refractivity contribution in [3.8, 4) is 0 Å². The van der Waals surface area contributed by atoms with Gasteiger partial charge in [-0.3, -0.25) is 0 Å². The fourth-order valence-corrected chi connectivity index (χ4v) is 2.66. The topological polar surface area (TPSA) is 21.3 Å². The zero-order valence-corrected chi connectivity index (χ0v) is 14.4. The van der Waals surface area contributed by atoms with Crippen LogP contribution in [0.15, 0.2) is 28.7 Å². The molecule has 1 N–H and O–H groups in total. The molecule has 1 unspecified atom stereocenters. The van der Waals surface area contributed by atoms with Crippen LogP contribution in [0.2, 0.25) is 0 Å². The summed E-state index contributed by atoms with van der Waals surface area (Å²) in [6.45, 7) is 5.09. The summed E-state index contributed by atoms with van der Waals surface area (Å²) in [6, 6.07) is 8.73. The summed E-state index contributed by atoms with van der Waals surface area (Å²) in [5.41, 5.74) is 1.43. The zero-order chi connectivity index (χ0) is 14.6. The van der Waals surface area contributed by atoms with Crippen molar-refractivity contribution in [3.63, 3.8) is 0 Å². The predicted octanol–water partition coefficient (Wildman–Crippen LogP) is 4.42. The number of hydrogen-bond acceptors (Lipinski definition) is 2. The minimum Gasteiger partial charge on any atom is -0.383 e. The van der Waals surface area contributed by atoms with Crippen LogP contribution in [0.25, 0.3) is 0 Å². The molecule has 1 aromatic carbocycles. The van der Waals surface area contributed by atoms with E-state index in [9.17, 15) is 0 Å². The second-order valence-electron chi connectivity index (χ2n) is 5.39. The van der Waals surface area contributed by atoms with Crippen molar-refractivity contribution in [2.75, 3.05) is 26.8 Å². The highest BCUT2D eigenvalue weighted by Crippen LogP contribution is 2.17. The van der Waals surface area contributed by atoms with Crippen LogP contribution in [0.3, 0.4) is 0 Å². The maximum Gasteiger partial charge on any atom is 0.0587 e. The lowest BCUT2D eigenvalue weighted by atomic mass is 9.93. The Morgan fingerprint density at radius 1 is 1.20 bits per heavy atom. The fraction of sp³-hybridized carbons (Fsp3) is 0.647. The van der Waals surface area contributed by atoms with Crippen molar-refractivity contribution < 1.29 is 4.74 Å². The van der Waals surface area contributed by atoms with Gasteiger partial charge in [-0.25, -0.2) is 0 Å². The molecule has 0 saturated heterocycles. The highest BCUT2D eigenvalue weighted by Gasteiger charge is 2.09. The summed E-state index contributed by atoms with van der Waals surface area (Å²) >= 11 is 3.50. The molecule has 0 aliphatic carbocycles. The van der Waals surface area contributed by atoms with Crippen LogP contribution < -0.4 is 5.32 Å². The third-order valence-electron chi connectivity index (χ3n) is 3.57. The van der Waals surface area contributed by atoms with Gasteiger partial charge in [0.15, 0.2) is 0 Å². The third-order valence-corrected chi connectivity index (χ3v) is 4.10. The number of hydrogen-bond donors (Lipinski definition) is 1. The van der Waals surface area contributed by atoms with Gasteiger partial charge in [0.1, 0.15) is 0 Å². The Morgan fingerprint density at radius 2 is 1.95 bits per heavy atom. The van der Waals surface area contributed by atoms with Gasteiger partial charge in [-0.1, -0.05) is 54.2 Å². The molecule has 1 atom stereocenters. The fourth-order valence-electron chi connectivity index (χ4n) is 2.39. The molecule has 0 aliphatic heterocycles. The Labute approximate surface area is 132 Å². The Bertz CT molecular complexity index is 339. The van der Waals surface area contributed by atoms with E-state index in [0.717, 1.165) is 36.5 Å². The molecule has 0 saturated carbocycles. The van der Waals surface area contributed by atoms with E-state index in [1.165, 1.54) is 31.2 Å². The summed E-state index contributed by atoms with van der Waals surface area (Å²) in [6.07, 6.45) is 6.45.